The Kier molecular flexibility index (Phi) is 47.8. The molecule has 8 nitrogen and oxygen atoms in total. The van der Waals surface area contributed by atoms with Gasteiger partial charge < -0.3 is 28.6 Å². The second-order valence-electron chi connectivity index (χ2n) is 19.8. The molecule has 392 valence electrons. The molecule has 8 heteroatoms. The molecule has 0 amide bonds. The van der Waals surface area contributed by atoms with E-state index in [4.69, 9.17) is 14.2 Å². The zero-order chi connectivity index (χ0) is 49.9. The summed E-state index contributed by atoms with van der Waals surface area (Å²) in [6, 6.07) is -0.732. The number of allylic oxidation sites excluding steroid dienone is 12. The molecule has 68 heavy (non-hydrogen) atoms. The van der Waals surface area contributed by atoms with Crippen molar-refractivity contribution in [3.8, 4) is 0 Å². The maximum absolute atomic E-state index is 12.8. The van der Waals surface area contributed by atoms with E-state index in [1.807, 2.05) is 0 Å². The number of hydrogen-bond acceptors (Lipinski definition) is 7. The maximum atomic E-state index is 12.8. The van der Waals surface area contributed by atoms with E-state index < -0.39 is 18.1 Å². The highest BCUT2D eigenvalue weighted by Gasteiger charge is 2.25. The van der Waals surface area contributed by atoms with Crippen molar-refractivity contribution in [2.75, 3.05) is 41.0 Å². The summed E-state index contributed by atoms with van der Waals surface area (Å²) in [5.41, 5.74) is 0. The molecule has 0 rings (SSSR count). The third-order valence-electron chi connectivity index (χ3n) is 12.3. The molecule has 0 radical (unpaired) electrons. The van der Waals surface area contributed by atoms with Crippen molar-refractivity contribution in [3.05, 3.63) is 72.9 Å². The van der Waals surface area contributed by atoms with Crippen LogP contribution in [-0.4, -0.2) is 75.5 Å². The Bertz CT molecular complexity index is 1340. The number of hydrogen-bond donors (Lipinski definition) is 0. The Morgan fingerprint density at radius 1 is 0.456 bits per heavy atom. The molecule has 0 aliphatic carbocycles. The summed E-state index contributed by atoms with van der Waals surface area (Å²) in [6.07, 6.45) is 65.1. The Morgan fingerprint density at radius 2 is 0.824 bits per heavy atom. The SMILES string of the molecule is CC/C=C/C/C=C/C/C=C/C/C=C/CCCCCCCCCCCC(=O)OCC(COCCC(C(=O)[O-])[N+](C)(C)C)OC(=O)CCCCCCCCC/C=C/C/C=C/CCCCCCCCCC. The molecule has 0 heterocycles. The molecule has 0 saturated carbocycles. The molecule has 0 bridgehead atoms. The number of carbonyl (C=O) groups excluding carboxylic acids is 3. The van der Waals surface area contributed by atoms with Crippen LogP contribution >= 0.6 is 0 Å². The summed E-state index contributed by atoms with van der Waals surface area (Å²) < 4.78 is 17.3. The number of quaternary nitrogens is 1. The maximum Gasteiger partial charge on any atom is 0.306 e. The minimum atomic E-state index is -1.13. The second-order valence-corrected chi connectivity index (χ2v) is 19.8. The summed E-state index contributed by atoms with van der Waals surface area (Å²) in [4.78, 5) is 37.1. The summed E-state index contributed by atoms with van der Waals surface area (Å²) in [6.45, 7) is 4.56. The fraction of sp³-hybridized carbons (Fsp3) is 0.750. The van der Waals surface area contributed by atoms with E-state index in [2.05, 4.69) is 86.8 Å². The molecule has 0 saturated heterocycles. The molecule has 0 aliphatic heterocycles. The van der Waals surface area contributed by atoms with Gasteiger partial charge in [-0.15, -0.1) is 0 Å². The molecule has 0 fully saturated rings. The van der Waals surface area contributed by atoms with Crippen LogP contribution in [0.4, 0.5) is 0 Å². The highest BCUT2D eigenvalue weighted by atomic mass is 16.6. The molecule has 0 aromatic rings. The topological polar surface area (TPSA) is 102 Å². The average molecular weight is 952 g/mol. The number of nitrogens with zero attached hydrogens (tertiary/aromatic N) is 1. The van der Waals surface area contributed by atoms with Gasteiger partial charge in [0.2, 0.25) is 0 Å². The zero-order valence-corrected chi connectivity index (χ0v) is 44.8. The molecule has 0 N–H and O–H groups in total. The van der Waals surface area contributed by atoms with Crippen LogP contribution < -0.4 is 5.11 Å². The number of rotatable bonds is 50. The molecule has 0 aliphatic rings. The second kappa shape index (κ2) is 50.2. The van der Waals surface area contributed by atoms with Gasteiger partial charge in [0.15, 0.2) is 6.10 Å². The van der Waals surface area contributed by atoms with Crippen molar-refractivity contribution in [3.63, 3.8) is 0 Å². The minimum Gasteiger partial charge on any atom is -0.544 e. The first-order valence-electron chi connectivity index (χ1n) is 28.0. The van der Waals surface area contributed by atoms with Gasteiger partial charge in [-0.1, -0.05) is 209 Å². The van der Waals surface area contributed by atoms with Gasteiger partial charge >= 0.3 is 11.9 Å². The number of aliphatic carboxylic acids is 1. The highest BCUT2D eigenvalue weighted by molar-refractivity contribution is 5.70. The minimum absolute atomic E-state index is 0.0333. The van der Waals surface area contributed by atoms with Gasteiger partial charge in [0.1, 0.15) is 12.6 Å². The molecule has 0 spiro atoms. The van der Waals surface area contributed by atoms with E-state index in [1.165, 1.54) is 122 Å². The fourth-order valence-electron chi connectivity index (χ4n) is 8.03. The number of unbranched alkanes of at least 4 members (excludes halogenated alkanes) is 24. The van der Waals surface area contributed by atoms with E-state index in [0.717, 1.165) is 83.5 Å². The van der Waals surface area contributed by atoms with Crippen LogP contribution in [0.15, 0.2) is 72.9 Å². The van der Waals surface area contributed by atoms with Gasteiger partial charge in [0.25, 0.3) is 0 Å². The number of likely N-dealkylation sites (N-methyl/N-ethyl adjacent to an activating group) is 1. The fourth-order valence-corrected chi connectivity index (χ4v) is 8.03. The largest absolute Gasteiger partial charge is 0.544 e. The molecule has 2 atom stereocenters. The molecule has 0 aromatic heterocycles. The van der Waals surface area contributed by atoms with Crippen molar-refractivity contribution in [1.29, 1.82) is 0 Å². The van der Waals surface area contributed by atoms with Crippen molar-refractivity contribution in [2.24, 2.45) is 0 Å². The first-order chi connectivity index (χ1) is 33.1. The molecular weight excluding hydrogens is 847 g/mol. The monoisotopic (exact) mass is 952 g/mol. The zero-order valence-electron chi connectivity index (χ0n) is 44.8. The van der Waals surface area contributed by atoms with Crippen LogP contribution in [0.2, 0.25) is 0 Å². The normalized spacial score (nSPS) is 13.4. The summed E-state index contributed by atoms with van der Waals surface area (Å²) in [5.74, 6) is -1.75. The van der Waals surface area contributed by atoms with Gasteiger partial charge in [-0.05, 0) is 83.5 Å². The van der Waals surface area contributed by atoms with Crippen LogP contribution in [0, 0.1) is 0 Å². The van der Waals surface area contributed by atoms with Gasteiger partial charge in [-0.2, -0.15) is 0 Å². The first kappa shape index (κ1) is 64.8. The van der Waals surface area contributed by atoms with Crippen LogP contribution in [0.3, 0.4) is 0 Å². The molecule has 0 aromatic carbocycles. The quantitative estimate of drug-likeness (QED) is 0.0259. The van der Waals surface area contributed by atoms with Crippen molar-refractivity contribution in [1.82, 2.24) is 0 Å². The Hall–Kier alpha value is -3.23. The van der Waals surface area contributed by atoms with Crippen LogP contribution in [0.1, 0.15) is 239 Å². The number of ether oxygens (including phenoxy) is 3. The van der Waals surface area contributed by atoms with Gasteiger partial charge in [0.05, 0.1) is 40.3 Å². The van der Waals surface area contributed by atoms with Crippen molar-refractivity contribution in [2.45, 2.75) is 251 Å². The van der Waals surface area contributed by atoms with Crippen molar-refractivity contribution >= 4 is 17.9 Å². The molecule has 2 unspecified atom stereocenters. The van der Waals surface area contributed by atoms with Gasteiger partial charge in [-0.25, -0.2) is 0 Å². The third-order valence-corrected chi connectivity index (χ3v) is 12.3. The number of carboxylic acid groups (broad SMARTS) is 1. The Labute approximate surface area is 419 Å². The number of carbonyl (C=O) groups is 3. The van der Waals surface area contributed by atoms with Crippen LogP contribution in [0.25, 0.3) is 0 Å². The predicted molar refractivity (Wildman–Crippen MR) is 286 cm³/mol. The standard InChI is InChI=1S/C60H105NO7/c1-6-8-10-12-14-16-18-20-22-24-26-28-30-32-34-36-38-40-42-44-46-48-50-58(62)67-55-56(54-66-53-52-57(60(64)65)61(3,4)5)68-59(63)51-49-47-45-43-41-39-37-35-33-31-29-27-25-23-21-19-17-15-13-11-9-7-2/h8,10,14,16,20,22,25-28,31,33,56-57H,6-7,9,11-13,15,17-19,21,23-24,29-30,32,34-55H2,1-5H3/b10-8+,16-14+,22-20+,27-25+,28-26+,33-31+. The lowest BCUT2D eigenvalue weighted by Crippen LogP contribution is -2.55. The smallest absolute Gasteiger partial charge is 0.306 e. The van der Waals surface area contributed by atoms with E-state index >= 15 is 0 Å². The van der Waals surface area contributed by atoms with Gasteiger partial charge in [0, 0.05) is 19.3 Å². The van der Waals surface area contributed by atoms with Gasteiger partial charge in [-0.3, -0.25) is 9.59 Å². The third kappa shape index (κ3) is 47.8. The lowest BCUT2D eigenvalue weighted by atomic mass is 10.1. The number of carboxylic acids is 1. The Morgan fingerprint density at radius 3 is 1.22 bits per heavy atom. The molecular formula is C60H105NO7. The number of esters is 2. The lowest BCUT2D eigenvalue weighted by molar-refractivity contribution is -0.889. The van der Waals surface area contributed by atoms with Crippen LogP contribution in [-0.2, 0) is 28.6 Å². The van der Waals surface area contributed by atoms with E-state index in [-0.39, 0.29) is 42.7 Å². The first-order valence-corrected chi connectivity index (χ1v) is 28.0. The summed E-state index contributed by atoms with van der Waals surface area (Å²) in [7, 11) is 5.41. The van der Waals surface area contributed by atoms with Crippen LogP contribution in [0.5, 0.6) is 0 Å². The van der Waals surface area contributed by atoms with E-state index in [1.54, 1.807) is 21.1 Å². The summed E-state index contributed by atoms with van der Waals surface area (Å²) >= 11 is 0. The van der Waals surface area contributed by atoms with E-state index in [0.29, 0.717) is 12.8 Å². The highest BCUT2D eigenvalue weighted by Crippen LogP contribution is 2.15. The predicted octanol–water partition coefficient (Wildman–Crippen LogP) is 15.3. The average Bonchev–Trinajstić information content (AvgIpc) is 3.30. The Balaban J connectivity index is 4.23. The van der Waals surface area contributed by atoms with Crippen molar-refractivity contribution < 1.29 is 38.2 Å². The summed E-state index contributed by atoms with van der Waals surface area (Å²) in [5, 5.41) is 11.7. The van der Waals surface area contributed by atoms with E-state index in [9.17, 15) is 19.5 Å². The lowest BCUT2D eigenvalue weighted by Gasteiger charge is -2.34.